The fraction of sp³-hybridized carbons (Fsp3) is 0.324. The minimum Gasteiger partial charge on any atom is -0.493 e. The van der Waals surface area contributed by atoms with E-state index in [1.54, 1.807) is 21.3 Å². The predicted molar refractivity (Wildman–Crippen MR) is 173 cm³/mol. The summed E-state index contributed by atoms with van der Waals surface area (Å²) in [5.74, 6) is 5.19. The number of amides is 2. The van der Waals surface area contributed by atoms with E-state index in [0.717, 1.165) is 41.6 Å². The van der Waals surface area contributed by atoms with Gasteiger partial charge in [-0.15, -0.1) is 0 Å². The predicted octanol–water partition coefficient (Wildman–Crippen LogP) is 6.96. The summed E-state index contributed by atoms with van der Waals surface area (Å²) in [6, 6.07) is 20.2. The number of nitrogens with zero attached hydrogens (tertiary/aromatic N) is 2. The van der Waals surface area contributed by atoms with Gasteiger partial charge in [0.15, 0.2) is 34.5 Å². The summed E-state index contributed by atoms with van der Waals surface area (Å²) in [6.07, 6.45) is 2.93. The van der Waals surface area contributed by atoms with Crippen molar-refractivity contribution in [3.05, 3.63) is 94.0 Å². The van der Waals surface area contributed by atoms with Crippen molar-refractivity contribution in [3.8, 4) is 46.0 Å². The molecule has 2 unspecified atom stereocenters. The Morgan fingerprint density at radius 3 is 2.26 bits per heavy atom. The van der Waals surface area contributed by atoms with Crippen molar-refractivity contribution in [2.45, 2.75) is 37.8 Å². The lowest BCUT2D eigenvalue weighted by Crippen LogP contribution is -2.45. The second-order valence-electron chi connectivity index (χ2n) is 12.4. The van der Waals surface area contributed by atoms with E-state index in [4.69, 9.17) is 23.7 Å². The van der Waals surface area contributed by atoms with E-state index in [2.05, 4.69) is 53.7 Å². The van der Waals surface area contributed by atoms with E-state index in [1.165, 1.54) is 11.1 Å². The maximum atomic E-state index is 13.3. The average Bonchev–Trinajstić information content (AvgIpc) is 3.08. The van der Waals surface area contributed by atoms with E-state index < -0.39 is 0 Å². The largest absolute Gasteiger partial charge is 0.493 e. The van der Waals surface area contributed by atoms with Gasteiger partial charge in [0, 0.05) is 31.7 Å². The van der Waals surface area contributed by atoms with Crippen LogP contribution in [0.2, 0.25) is 0 Å². The van der Waals surface area contributed by atoms with Crippen LogP contribution in [0.1, 0.15) is 45.5 Å². The van der Waals surface area contributed by atoms with Crippen LogP contribution in [-0.4, -0.2) is 57.2 Å². The lowest BCUT2D eigenvalue weighted by molar-refractivity contribution is 0.168. The Labute approximate surface area is 268 Å². The molecule has 9 nitrogen and oxygen atoms in total. The maximum absolute atomic E-state index is 13.3. The van der Waals surface area contributed by atoms with Gasteiger partial charge in [-0.1, -0.05) is 18.2 Å². The third kappa shape index (κ3) is 4.69. The second-order valence-corrected chi connectivity index (χ2v) is 12.4. The van der Waals surface area contributed by atoms with Crippen molar-refractivity contribution >= 4 is 6.03 Å². The summed E-state index contributed by atoms with van der Waals surface area (Å²) in [4.78, 5) is 17.6. The number of nitrogens with one attached hydrogen (secondary N) is 1. The molecule has 9 heteroatoms. The monoisotopic (exact) mass is 619 g/mol. The molecule has 0 saturated heterocycles. The molecule has 7 bridgehead atoms. The smallest absolute Gasteiger partial charge is 0.317 e. The molecule has 2 atom stereocenters. The average molecular weight is 620 g/mol. The molecule has 2 amide bonds. The van der Waals surface area contributed by atoms with Crippen LogP contribution in [0.25, 0.3) is 0 Å². The van der Waals surface area contributed by atoms with Crippen molar-refractivity contribution in [1.82, 2.24) is 15.1 Å². The quantitative estimate of drug-likeness (QED) is 0.229. The highest BCUT2D eigenvalue weighted by molar-refractivity contribution is 5.76. The molecule has 9 rings (SSSR count). The van der Waals surface area contributed by atoms with E-state index in [9.17, 15) is 4.79 Å². The van der Waals surface area contributed by atoms with Gasteiger partial charge in [-0.25, -0.2) is 4.79 Å². The Kier molecular flexibility index (Phi) is 6.94. The molecule has 0 aromatic heterocycles. The number of fused-ring (bicyclic) bond motifs is 2. The van der Waals surface area contributed by atoms with Gasteiger partial charge in [-0.05, 0) is 103 Å². The first-order valence-corrected chi connectivity index (χ1v) is 15.8. The number of urea groups is 1. The standard InChI is InChI=1S/C37H37N3O6/c1-38-37(41)40-14-12-24-19-33(43-4)35-36-34(24)28(40)15-21-5-8-25(9-6-21)44-30-17-22(7-10-29(30)42-3)16-27-26-20-32(46-36)31(45-35)18-23(26)11-13-39(27)2/h5-10,17-20,27-28H,11-16H2,1-4H3,(H,38,41). The van der Waals surface area contributed by atoms with Crippen molar-refractivity contribution in [2.75, 3.05) is 41.4 Å². The summed E-state index contributed by atoms with van der Waals surface area (Å²) in [5.41, 5.74) is 6.70. The Bertz CT molecular complexity index is 1860. The summed E-state index contributed by atoms with van der Waals surface area (Å²) >= 11 is 0. The molecule has 0 saturated carbocycles. The molecule has 46 heavy (non-hydrogen) atoms. The van der Waals surface area contributed by atoms with Crippen molar-refractivity contribution in [3.63, 3.8) is 0 Å². The van der Waals surface area contributed by atoms with E-state index >= 15 is 0 Å². The molecule has 0 fully saturated rings. The highest BCUT2D eigenvalue weighted by Gasteiger charge is 2.39. The van der Waals surface area contributed by atoms with Gasteiger partial charge >= 0.3 is 6.03 Å². The number of hydrogen-bond donors (Lipinski definition) is 1. The molecule has 4 aromatic rings. The summed E-state index contributed by atoms with van der Waals surface area (Å²) in [7, 11) is 7.16. The Balaban J connectivity index is 1.34. The first-order valence-electron chi connectivity index (χ1n) is 15.8. The van der Waals surface area contributed by atoms with Crippen LogP contribution in [0.3, 0.4) is 0 Å². The second kappa shape index (κ2) is 11.2. The van der Waals surface area contributed by atoms with Crippen LogP contribution in [0.4, 0.5) is 4.79 Å². The lowest BCUT2D eigenvalue weighted by atomic mass is 9.86. The normalized spacial score (nSPS) is 19.3. The van der Waals surface area contributed by atoms with Crippen LogP contribution < -0.4 is 29.0 Å². The zero-order valence-electron chi connectivity index (χ0n) is 26.5. The van der Waals surface area contributed by atoms with Gasteiger partial charge in [0.05, 0.1) is 20.3 Å². The third-order valence-electron chi connectivity index (χ3n) is 9.84. The van der Waals surface area contributed by atoms with E-state index in [-0.39, 0.29) is 18.1 Å². The first-order chi connectivity index (χ1) is 22.4. The summed E-state index contributed by atoms with van der Waals surface area (Å²) in [5, 5.41) is 2.85. The van der Waals surface area contributed by atoms with Gasteiger partial charge < -0.3 is 33.9 Å². The van der Waals surface area contributed by atoms with Crippen LogP contribution in [0, 0.1) is 0 Å². The maximum Gasteiger partial charge on any atom is 0.317 e. The van der Waals surface area contributed by atoms with Gasteiger partial charge in [-0.3, -0.25) is 4.90 Å². The minimum atomic E-state index is -0.299. The summed E-state index contributed by atoms with van der Waals surface area (Å²) in [6.45, 7) is 1.49. The topological polar surface area (TPSA) is 81.7 Å². The zero-order chi connectivity index (χ0) is 31.5. The van der Waals surface area contributed by atoms with Crippen LogP contribution >= 0.6 is 0 Å². The molecule has 5 aliphatic heterocycles. The number of benzene rings is 4. The number of likely N-dealkylation sites (N-methyl/N-ethyl adjacent to an activating group) is 1. The van der Waals surface area contributed by atoms with Crippen LogP contribution in [0.15, 0.2) is 60.7 Å². The number of rotatable bonds is 2. The molecule has 0 spiro atoms. The van der Waals surface area contributed by atoms with Gasteiger partial charge in [0.1, 0.15) is 5.75 Å². The highest BCUT2D eigenvalue weighted by Crippen LogP contribution is 2.56. The van der Waals surface area contributed by atoms with E-state index in [1.807, 2.05) is 29.2 Å². The number of ether oxygens (including phenoxy) is 5. The first kappa shape index (κ1) is 28.6. The van der Waals surface area contributed by atoms with Crippen LogP contribution in [0.5, 0.6) is 46.0 Å². The van der Waals surface area contributed by atoms with Gasteiger partial charge in [0.2, 0.25) is 5.75 Å². The molecule has 1 N–H and O–H groups in total. The van der Waals surface area contributed by atoms with E-state index in [0.29, 0.717) is 65.4 Å². The third-order valence-corrected chi connectivity index (χ3v) is 9.84. The number of carbonyl (C=O) groups excluding carboxylic acids is 1. The van der Waals surface area contributed by atoms with Crippen molar-refractivity contribution in [2.24, 2.45) is 0 Å². The lowest BCUT2D eigenvalue weighted by Gasteiger charge is -2.40. The Morgan fingerprint density at radius 2 is 1.48 bits per heavy atom. The van der Waals surface area contributed by atoms with Gasteiger partial charge in [0.25, 0.3) is 0 Å². The minimum absolute atomic E-state index is 0.120. The molecule has 5 heterocycles. The Morgan fingerprint density at radius 1 is 0.761 bits per heavy atom. The number of hydrogen-bond acceptors (Lipinski definition) is 7. The number of methoxy groups -OCH3 is 2. The fourth-order valence-corrected chi connectivity index (χ4v) is 7.43. The summed E-state index contributed by atoms with van der Waals surface area (Å²) < 4.78 is 31.5. The molecule has 4 aromatic carbocycles. The van der Waals surface area contributed by atoms with Gasteiger partial charge in [-0.2, -0.15) is 0 Å². The molecule has 236 valence electrons. The Hall–Kier alpha value is -4.89. The highest BCUT2D eigenvalue weighted by atomic mass is 16.6. The number of carbonyl (C=O) groups is 1. The van der Waals surface area contributed by atoms with Crippen molar-refractivity contribution < 1.29 is 28.5 Å². The molecular weight excluding hydrogens is 582 g/mol. The van der Waals surface area contributed by atoms with Crippen LogP contribution in [-0.2, 0) is 25.7 Å². The molecule has 0 radical (unpaired) electrons. The SMILES string of the molecule is CNC(=O)N1CCc2cc(OC)c3c4c2C1Cc1ccc(cc1)Oc1cc(ccc1OC)CC1c2cc(c(cc2CCN1C)O3)O4. The molecule has 5 aliphatic rings. The molecular formula is C37H37N3O6. The zero-order valence-corrected chi connectivity index (χ0v) is 26.5. The fourth-order valence-electron chi connectivity index (χ4n) is 7.43. The molecule has 0 aliphatic carbocycles. The van der Waals surface area contributed by atoms with Crippen molar-refractivity contribution in [1.29, 1.82) is 0 Å².